The number of rotatable bonds is 10. The highest BCUT2D eigenvalue weighted by Gasteiger charge is 2.46. The number of pyridine rings is 1. The third kappa shape index (κ3) is 5.95. The first-order valence-electron chi connectivity index (χ1n) is 12.7. The predicted molar refractivity (Wildman–Crippen MR) is 143 cm³/mol. The van der Waals surface area contributed by atoms with E-state index < -0.39 is 6.43 Å². The van der Waals surface area contributed by atoms with Gasteiger partial charge in [-0.1, -0.05) is 0 Å². The quantitative estimate of drug-likeness (QED) is 0.233. The molecule has 4 aromatic heterocycles. The Morgan fingerprint density at radius 1 is 1.12 bits per heavy atom. The fourth-order valence-corrected chi connectivity index (χ4v) is 4.30. The second-order valence-corrected chi connectivity index (χ2v) is 9.56. The summed E-state index contributed by atoms with van der Waals surface area (Å²) in [7, 11) is 1.49. The van der Waals surface area contributed by atoms with Crippen molar-refractivity contribution in [1.82, 2.24) is 34.6 Å². The molecule has 40 heavy (non-hydrogen) atoms. The fraction of sp³-hybridized carbons (Fsp3) is 0.346. The Balaban J connectivity index is 1.27. The Kier molecular flexibility index (Phi) is 7.49. The van der Waals surface area contributed by atoms with Gasteiger partial charge in [0.2, 0.25) is 11.8 Å². The first-order chi connectivity index (χ1) is 19.2. The number of nitrogens with one attached hydrogen (secondary N) is 4. The van der Waals surface area contributed by atoms with E-state index in [1.165, 1.54) is 30.0 Å². The number of alkyl halides is 2. The topological polar surface area (TPSA) is 151 Å². The number of carbonyl (C=O) groups is 2. The number of amides is 2. The van der Waals surface area contributed by atoms with E-state index in [-0.39, 0.29) is 41.8 Å². The van der Waals surface area contributed by atoms with Crippen LogP contribution in [0.25, 0.3) is 5.65 Å². The second-order valence-electron chi connectivity index (χ2n) is 9.56. The minimum absolute atomic E-state index is 0.0178. The molecule has 0 saturated heterocycles. The highest BCUT2D eigenvalue weighted by Crippen LogP contribution is 2.46. The zero-order valence-electron chi connectivity index (χ0n) is 22.0. The Hall–Kier alpha value is -4.75. The number of likely N-dealkylation sites (N-methyl/N-ethyl adjacent to an activating group) is 1. The van der Waals surface area contributed by atoms with E-state index in [9.17, 15) is 18.4 Å². The van der Waals surface area contributed by atoms with Gasteiger partial charge in [0.15, 0.2) is 5.65 Å². The maximum atomic E-state index is 13.5. The van der Waals surface area contributed by atoms with Crippen molar-refractivity contribution in [3.63, 3.8) is 0 Å². The minimum Gasteiger partial charge on any atom is -0.373 e. The van der Waals surface area contributed by atoms with Crippen LogP contribution < -0.4 is 21.3 Å². The number of anilines is 3. The van der Waals surface area contributed by atoms with Gasteiger partial charge in [-0.15, -0.1) is 0 Å². The lowest BCUT2D eigenvalue weighted by molar-refractivity contribution is -0.119. The largest absolute Gasteiger partial charge is 0.373 e. The monoisotopic (exact) mass is 550 g/mol. The zero-order chi connectivity index (χ0) is 28.4. The van der Waals surface area contributed by atoms with Gasteiger partial charge < -0.3 is 25.7 Å². The summed E-state index contributed by atoms with van der Waals surface area (Å²) in [4.78, 5) is 46.1. The molecule has 5 rings (SSSR count). The van der Waals surface area contributed by atoms with Gasteiger partial charge in [0.05, 0.1) is 24.0 Å². The molecule has 0 aromatic carbocycles. The summed E-state index contributed by atoms with van der Waals surface area (Å²) in [6.07, 6.45) is 3.93. The van der Waals surface area contributed by atoms with E-state index in [1.807, 2.05) is 19.9 Å². The lowest BCUT2D eigenvalue weighted by Crippen LogP contribution is -2.26. The lowest BCUT2D eigenvalue weighted by Gasteiger charge is -2.13. The van der Waals surface area contributed by atoms with Crippen molar-refractivity contribution in [2.45, 2.75) is 38.7 Å². The van der Waals surface area contributed by atoms with E-state index in [4.69, 9.17) is 0 Å². The summed E-state index contributed by atoms with van der Waals surface area (Å²) in [6, 6.07) is 4.32. The molecule has 0 radical (unpaired) electrons. The Morgan fingerprint density at radius 3 is 2.67 bits per heavy atom. The van der Waals surface area contributed by atoms with E-state index in [0.29, 0.717) is 40.9 Å². The number of nitrogens with zero attached hydrogens (tertiary/aromatic N) is 6. The molecule has 0 unspecified atom stereocenters. The van der Waals surface area contributed by atoms with E-state index in [2.05, 4.69) is 46.2 Å². The first-order valence-corrected chi connectivity index (χ1v) is 12.7. The maximum Gasteiger partial charge on any atom is 0.265 e. The molecular weight excluding hydrogens is 522 g/mol. The normalized spacial score (nSPS) is 16.9. The van der Waals surface area contributed by atoms with Crippen LogP contribution in [0.15, 0.2) is 43.1 Å². The van der Waals surface area contributed by atoms with Crippen LogP contribution in [0, 0.1) is 12.8 Å². The van der Waals surface area contributed by atoms with Crippen LogP contribution in [-0.4, -0.2) is 54.7 Å². The van der Waals surface area contributed by atoms with Gasteiger partial charge in [-0.3, -0.25) is 9.59 Å². The molecule has 4 aromatic rings. The predicted octanol–water partition coefficient (Wildman–Crippen LogP) is 3.23. The highest BCUT2D eigenvalue weighted by atomic mass is 19.3. The average molecular weight is 551 g/mol. The number of aromatic nitrogens is 6. The van der Waals surface area contributed by atoms with Crippen molar-refractivity contribution in [2.75, 3.05) is 29.5 Å². The fourth-order valence-electron chi connectivity index (χ4n) is 4.30. The first kappa shape index (κ1) is 26.8. The number of aryl methyl sites for hydroxylation is 1. The van der Waals surface area contributed by atoms with Crippen LogP contribution in [0.1, 0.15) is 54.5 Å². The molecule has 14 heteroatoms. The molecule has 2 amide bonds. The number of hydrogen-bond acceptors (Lipinski definition) is 9. The molecule has 3 atom stereocenters. The van der Waals surface area contributed by atoms with Crippen LogP contribution in [-0.2, 0) is 9.59 Å². The molecule has 208 valence electrons. The number of hydrogen-bond donors (Lipinski definition) is 4. The van der Waals surface area contributed by atoms with Crippen molar-refractivity contribution in [3.8, 4) is 0 Å². The molecule has 0 spiro atoms. The van der Waals surface area contributed by atoms with Crippen LogP contribution in [0.4, 0.5) is 26.1 Å². The van der Waals surface area contributed by atoms with Crippen molar-refractivity contribution in [1.29, 1.82) is 0 Å². The van der Waals surface area contributed by atoms with Crippen molar-refractivity contribution >= 4 is 34.8 Å². The highest BCUT2D eigenvalue weighted by molar-refractivity contribution is 5.94. The Morgan fingerprint density at radius 2 is 1.93 bits per heavy atom. The number of halogens is 2. The average Bonchev–Trinajstić information content (AvgIpc) is 3.62. The molecule has 0 aliphatic heterocycles. The second kappa shape index (κ2) is 11.2. The van der Waals surface area contributed by atoms with Gasteiger partial charge in [-0.25, -0.2) is 33.7 Å². The molecule has 12 nitrogen and oxygen atoms in total. The van der Waals surface area contributed by atoms with Crippen LogP contribution in [0.5, 0.6) is 0 Å². The van der Waals surface area contributed by atoms with Gasteiger partial charge in [0, 0.05) is 54.8 Å². The Labute approximate surface area is 228 Å². The minimum atomic E-state index is -2.70. The number of imidazole rings is 1. The van der Waals surface area contributed by atoms with E-state index >= 15 is 0 Å². The van der Waals surface area contributed by atoms with E-state index in [1.54, 1.807) is 18.5 Å². The smallest absolute Gasteiger partial charge is 0.265 e. The summed E-state index contributed by atoms with van der Waals surface area (Å²) in [6.45, 7) is 3.63. The molecular formula is C26H28F2N10O2. The molecule has 4 N–H and O–H groups in total. The van der Waals surface area contributed by atoms with E-state index in [0.717, 1.165) is 5.69 Å². The molecule has 4 heterocycles. The summed E-state index contributed by atoms with van der Waals surface area (Å²) >= 11 is 0. The summed E-state index contributed by atoms with van der Waals surface area (Å²) in [5.74, 6) is 0.733. The standard InChI is InChI=1S/C26H28F2N10O2/c1-13-4-5-30-24(34-13)16-7-17(16)26(40)37-21-8-20(32-12-33-21)35-14(2)19-11-38-10-15(23(27)28)6-18(25(38)36-19)31-9-22(39)29-3/h4-6,8,10-12,14,16-17,23,31H,7,9H2,1-3H3,(H,29,39)(H2,32,33,35,37,40)/t14-,16+,17+/m1/s1. The molecule has 1 fully saturated rings. The number of carbonyl (C=O) groups excluding carboxylic acids is 2. The van der Waals surface area contributed by atoms with Crippen molar-refractivity contribution in [3.05, 3.63) is 65.9 Å². The van der Waals surface area contributed by atoms with Crippen LogP contribution in [0.3, 0.4) is 0 Å². The van der Waals surface area contributed by atoms with Crippen molar-refractivity contribution in [2.24, 2.45) is 5.92 Å². The van der Waals surface area contributed by atoms with Gasteiger partial charge in [0.25, 0.3) is 6.43 Å². The Bertz CT molecular complexity index is 1560. The molecule has 1 aliphatic rings. The van der Waals surface area contributed by atoms with Crippen LogP contribution >= 0.6 is 0 Å². The summed E-state index contributed by atoms with van der Waals surface area (Å²) in [5, 5.41) is 11.4. The third-order valence-corrected chi connectivity index (χ3v) is 6.56. The molecule has 1 saturated carbocycles. The van der Waals surface area contributed by atoms with Gasteiger partial charge >= 0.3 is 0 Å². The van der Waals surface area contributed by atoms with Gasteiger partial charge in [-0.05, 0) is 32.4 Å². The van der Waals surface area contributed by atoms with Gasteiger partial charge in [0.1, 0.15) is 23.8 Å². The van der Waals surface area contributed by atoms with Crippen molar-refractivity contribution < 1.29 is 18.4 Å². The summed E-state index contributed by atoms with van der Waals surface area (Å²) < 4.78 is 28.5. The molecule has 0 bridgehead atoms. The molecule has 1 aliphatic carbocycles. The number of fused-ring (bicyclic) bond motifs is 1. The zero-order valence-corrected chi connectivity index (χ0v) is 22.0. The SMILES string of the molecule is CNC(=O)CNc1cc(C(F)F)cn2cc([C@@H](C)Nc3cc(NC(=O)[C@H]4C[C@@H]4c4nccc(C)n4)ncn3)nc12. The summed E-state index contributed by atoms with van der Waals surface area (Å²) in [5.41, 5.74) is 1.90. The van der Waals surface area contributed by atoms with Gasteiger partial charge in [-0.2, -0.15) is 0 Å². The lowest BCUT2D eigenvalue weighted by atomic mass is 10.2. The third-order valence-electron chi connectivity index (χ3n) is 6.56. The van der Waals surface area contributed by atoms with Crippen LogP contribution in [0.2, 0.25) is 0 Å². The maximum absolute atomic E-state index is 13.5.